The highest BCUT2D eigenvalue weighted by Gasteiger charge is 2.13. The van der Waals surface area contributed by atoms with Crippen molar-refractivity contribution in [2.24, 2.45) is 0 Å². The zero-order valence-electron chi connectivity index (χ0n) is 7.71. The number of nitrogens with zero attached hydrogens (tertiary/aromatic N) is 1. The van der Waals surface area contributed by atoms with Gasteiger partial charge in [0, 0.05) is 19.1 Å². The van der Waals surface area contributed by atoms with Gasteiger partial charge >= 0.3 is 0 Å². The van der Waals surface area contributed by atoms with Gasteiger partial charge in [-0.2, -0.15) is 0 Å². The molecule has 3 heteroatoms. The molecule has 0 saturated carbocycles. The molecule has 0 aromatic heterocycles. The molecule has 0 bridgehead atoms. The molecule has 3 nitrogen and oxygen atoms in total. The minimum Gasteiger partial charge on any atom is -0.311 e. The summed E-state index contributed by atoms with van der Waals surface area (Å²) in [6, 6.07) is 0.377. The van der Waals surface area contributed by atoms with Crippen LogP contribution in [0.25, 0.3) is 0 Å². The fraction of sp³-hybridized carbons (Fsp3) is 0.667. The number of hydrogen-bond acceptors (Lipinski definition) is 3. The van der Waals surface area contributed by atoms with Crippen molar-refractivity contribution in [3.05, 3.63) is 12.2 Å². The van der Waals surface area contributed by atoms with E-state index >= 15 is 0 Å². The monoisotopic (exact) mass is 168 g/mol. The summed E-state index contributed by atoms with van der Waals surface area (Å²) in [5.41, 5.74) is 0. The van der Waals surface area contributed by atoms with Crippen LogP contribution in [0.1, 0.15) is 6.92 Å². The second-order valence-electron chi connectivity index (χ2n) is 3.27. The van der Waals surface area contributed by atoms with Crippen LogP contribution in [0.15, 0.2) is 12.2 Å². The standard InChI is InChI=1S/C9H16N2O/c1-8(12)7-11(2)9-4-3-5-10-6-9/h3-4,9-10H,5-7H2,1-2H3. The summed E-state index contributed by atoms with van der Waals surface area (Å²) in [7, 11) is 1.98. The SMILES string of the molecule is CC(=O)CN(C)C1C=CCNC1. The fourth-order valence-electron chi connectivity index (χ4n) is 1.38. The zero-order valence-corrected chi connectivity index (χ0v) is 7.71. The van der Waals surface area contributed by atoms with Crippen LogP contribution in [0.5, 0.6) is 0 Å². The molecular formula is C9H16N2O. The maximum atomic E-state index is 10.8. The number of carbonyl (C=O) groups excluding carboxylic acids is 1. The van der Waals surface area contributed by atoms with Crippen molar-refractivity contribution in [1.82, 2.24) is 10.2 Å². The van der Waals surface area contributed by atoms with E-state index in [9.17, 15) is 4.79 Å². The van der Waals surface area contributed by atoms with Gasteiger partial charge in [-0.05, 0) is 14.0 Å². The van der Waals surface area contributed by atoms with Crippen molar-refractivity contribution >= 4 is 5.78 Å². The number of ketones is 1. The van der Waals surface area contributed by atoms with Crippen molar-refractivity contribution < 1.29 is 4.79 Å². The van der Waals surface area contributed by atoms with Crippen LogP contribution in [0.2, 0.25) is 0 Å². The molecule has 1 N–H and O–H groups in total. The first kappa shape index (κ1) is 9.42. The second kappa shape index (κ2) is 4.38. The maximum absolute atomic E-state index is 10.8. The van der Waals surface area contributed by atoms with E-state index in [0.717, 1.165) is 13.1 Å². The van der Waals surface area contributed by atoms with Crippen LogP contribution in [0.3, 0.4) is 0 Å². The predicted octanol–water partition coefficient (Wildman–Crippen LogP) is 0.0352. The molecule has 1 aliphatic rings. The van der Waals surface area contributed by atoms with E-state index in [0.29, 0.717) is 12.6 Å². The number of Topliss-reactive ketones (excluding diaryl/α,β-unsaturated/α-hetero) is 1. The molecule has 0 fully saturated rings. The van der Waals surface area contributed by atoms with E-state index in [1.54, 1.807) is 6.92 Å². The summed E-state index contributed by atoms with van der Waals surface area (Å²) in [4.78, 5) is 12.9. The molecule has 0 saturated heterocycles. The summed E-state index contributed by atoms with van der Waals surface area (Å²) in [5.74, 6) is 0.219. The average Bonchev–Trinajstić information content (AvgIpc) is 2.05. The maximum Gasteiger partial charge on any atom is 0.143 e. The van der Waals surface area contributed by atoms with E-state index in [2.05, 4.69) is 22.4 Å². The third-order valence-corrected chi connectivity index (χ3v) is 2.01. The Morgan fingerprint density at radius 3 is 3.00 bits per heavy atom. The molecule has 0 spiro atoms. The van der Waals surface area contributed by atoms with E-state index in [1.165, 1.54) is 0 Å². The fourth-order valence-corrected chi connectivity index (χ4v) is 1.38. The van der Waals surface area contributed by atoms with E-state index in [4.69, 9.17) is 0 Å². The largest absolute Gasteiger partial charge is 0.311 e. The van der Waals surface area contributed by atoms with Crippen LogP contribution in [-0.2, 0) is 4.79 Å². The molecule has 1 aliphatic heterocycles. The Balaban J connectivity index is 2.39. The number of carbonyl (C=O) groups is 1. The third kappa shape index (κ3) is 2.75. The van der Waals surface area contributed by atoms with E-state index < -0.39 is 0 Å². The molecule has 0 aliphatic carbocycles. The lowest BCUT2D eigenvalue weighted by molar-refractivity contribution is -0.118. The normalized spacial score (nSPS) is 23.1. The molecule has 12 heavy (non-hydrogen) atoms. The van der Waals surface area contributed by atoms with Crippen molar-refractivity contribution in [3.63, 3.8) is 0 Å². The number of nitrogens with one attached hydrogen (secondary N) is 1. The topological polar surface area (TPSA) is 32.3 Å². The van der Waals surface area contributed by atoms with Crippen LogP contribution < -0.4 is 5.32 Å². The second-order valence-corrected chi connectivity index (χ2v) is 3.27. The molecule has 1 atom stereocenters. The van der Waals surface area contributed by atoms with Gasteiger partial charge in [-0.1, -0.05) is 12.2 Å². The lowest BCUT2D eigenvalue weighted by Gasteiger charge is -2.26. The molecule has 1 rings (SSSR count). The van der Waals surface area contributed by atoms with Crippen molar-refractivity contribution in [2.75, 3.05) is 26.7 Å². The molecule has 1 unspecified atom stereocenters. The van der Waals surface area contributed by atoms with Crippen molar-refractivity contribution in [1.29, 1.82) is 0 Å². The van der Waals surface area contributed by atoms with Gasteiger partial charge < -0.3 is 5.32 Å². The van der Waals surface area contributed by atoms with Gasteiger partial charge in [0.15, 0.2) is 0 Å². The summed E-state index contributed by atoms with van der Waals surface area (Å²) in [5, 5.41) is 3.25. The lowest BCUT2D eigenvalue weighted by atomic mass is 10.2. The minimum atomic E-state index is 0.219. The average molecular weight is 168 g/mol. The Labute approximate surface area is 73.4 Å². The molecular weight excluding hydrogens is 152 g/mol. The van der Waals surface area contributed by atoms with Gasteiger partial charge in [-0.3, -0.25) is 9.69 Å². The Morgan fingerprint density at radius 2 is 2.50 bits per heavy atom. The Morgan fingerprint density at radius 1 is 1.75 bits per heavy atom. The summed E-state index contributed by atoms with van der Waals surface area (Å²) >= 11 is 0. The van der Waals surface area contributed by atoms with Gasteiger partial charge in [0.25, 0.3) is 0 Å². The van der Waals surface area contributed by atoms with Gasteiger partial charge in [0.05, 0.1) is 6.54 Å². The van der Waals surface area contributed by atoms with E-state index in [-0.39, 0.29) is 5.78 Å². The Kier molecular flexibility index (Phi) is 3.44. The summed E-state index contributed by atoms with van der Waals surface area (Å²) < 4.78 is 0. The van der Waals surface area contributed by atoms with Crippen LogP contribution in [-0.4, -0.2) is 43.4 Å². The first-order chi connectivity index (χ1) is 5.70. The number of hydrogen-bond donors (Lipinski definition) is 1. The molecule has 0 amide bonds. The predicted molar refractivity (Wildman–Crippen MR) is 49.1 cm³/mol. The van der Waals surface area contributed by atoms with Gasteiger partial charge in [-0.15, -0.1) is 0 Å². The number of rotatable bonds is 3. The minimum absolute atomic E-state index is 0.219. The van der Waals surface area contributed by atoms with Gasteiger partial charge in [-0.25, -0.2) is 0 Å². The van der Waals surface area contributed by atoms with Crippen LogP contribution >= 0.6 is 0 Å². The molecule has 1 heterocycles. The molecule has 0 aromatic rings. The summed E-state index contributed by atoms with van der Waals surface area (Å²) in [6.07, 6.45) is 4.25. The lowest BCUT2D eigenvalue weighted by Crippen LogP contribution is -2.43. The molecule has 0 radical (unpaired) electrons. The smallest absolute Gasteiger partial charge is 0.143 e. The van der Waals surface area contributed by atoms with Crippen LogP contribution in [0.4, 0.5) is 0 Å². The van der Waals surface area contributed by atoms with Gasteiger partial charge in [0.1, 0.15) is 5.78 Å². The Hall–Kier alpha value is -0.670. The highest BCUT2D eigenvalue weighted by Crippen LogP contribution is 2.00. The van der Waals surface area contributed by atoms with E-state index in [1.807, 2.05) is 7.05 Å². The zero-order chi connectivity index (χ0) is 8.97. The first-order valence-electron chi connectivity index (χ1n) is 4.27. The third-order valence-electron chi connectivity index (χ3n) is 2.01. The van der Waals surface area contributed by atoms with Crippen LogP contribution in [0, 0.1) is 0 Å². The molecule has 0 aromatic carbocycles. The quantitative estimate of drug-likeness (QED) is 0.604. The number of likely N-dealkylation sites (N-methyl/N-ethyl adjacent to an activating group) is 1. The van der Waals surface area contributed by atoms with Crippen molar-refractivity contribution in [3.8, 4) is 0 Å². The van der Waals surface area contributed by atoms with Gasteiger partial charge in [0.2, 0.25) is 0 Å². The Bertz CT molecular complexity index is 189. The summed E-state index contributed by atoms with van der Waals surface area (Å²) in [6.45, 7) is 4.05. The first-order valence-corrected chi connectivity index (χ1v) is 4.27. The highest BCUT2D eigenvalue weighted by molar-refractivity contribution is 5.77. The highest BCUT2D eigenvalue weighted by atomic mass is 16.1. The van der Waals surface area contributed by atoms with Crippen molar-refractivity contribution in [2.45, 2.75) is 13.0 Å². The molecule has 68 valence electrons.